The SMILES string of the molecule is C=CC(F)(F)[C@@](C)(N=Nc1ccccc1)c1ccccc1. The lowest BCUT2D eigenvalue weighted by molar-refractivity contribution is -0.0239. The summed E-state index contributed by atoms with van der Waals surface area (Å²) in [6.07, 6.45) is 0.615. The Hall–Kier alpha value is -2.36. The van der Waals surface area contributed by atoms with Gasteiger partial charge in [0.1, 0.15) is 0 Å². The predicted octanol–water partition coefficient (Wildman–Crippen LogP) is 5.51. The summed E-state index contributed by atoms with van der Waals surface area (Å²) >= 11 is 0. The van der Waals surface area contributed by atoms with Gasteiger partial charge in [-0.15, -0.1) is 0 Å². The van der Waals surface area contributed by atoms with Gasteiger partial charge >= 0.3 is 0 Å². The molecule has 0 saturated heterocycles. The van der Waals surface area contributed by atoms with Gasteiger partial charge in [0, 0.05) is 0 Å². The van der Waals surface area contributed by atoms with Crippen molar-refractivity contribution in [3.63, 3.8) is 0 Å². The van der Waals surface area contributed by atoms with Gasteiger partial charge in [-0.1, -0.05) is 55.1 Å². The van der Waals surface area contributed by atoms with Crippen LogP contribution in [0.5, 0.6) is 0 Å². The molecule has 0 saturated carbocycles. The van der Waals surface area contributed by atoms with Crippen LogP contribution in [0.4, 0.5) is 14.5 Å². The Kier molecular flexibility index (Phi) is 4.26. The normalized spacial score (nSPS) is 14.8. The minimum absolute atomic E-state index is 0.384. The third-order valence-corrected chi connectivity index (χ3v) is 3.36. The van der Waals surface area contributed by atoms with Gasteiger partial charge in [0.15, 0.2) is 5.54 Å². The second kappa shape index (κ2) is 5.95. The molecule has 0 unspecified atom stereocenters. The second-order valence-corrected chi connectivity index (χ2v) is 4.80. The lowest BCUT2D eigenvalue weighted by atomic mass is 9.86. The number of hydrogen-bond acceptors (Lipinski definition) is 2. The summed E-state index contributed by atoms with van der Waals surface area (Å²) in [6.45, 7) is 4.58. The molecule has 0 aliphatic rings. The molecule has 2 rings (SSSR count). The van der Waals surface area contributed by atoms with Gasteiger partial charge in [0.05, 0.1) is 5.69 Å². The van der Waals surface area contributed by atoms with Crippen LogP contribution < -0.4 is 0 Å². The number of benzene rings is 2. The number of alkyl halides is 2. The molecular formula is C17H16F2N2. The van der Waals surface area contributed by atoms with Gasteiger partial charge in [0.25, 0.3) is 5.92 Å². The summed E-state index contributed by atoms with van der Waals surface area (Å²) < 4.78 is 28.6. The van der Waals surface area contributed by atoms with E-state index in [-0.39, 0.29) is 0 Å². The summed E-state index contributed by atoms with van der Waals surface area (Å²) in [7, 11) is 0. The standard InChI is InChI=1S/C17H16F2N2/c1-3-17(18,19)16(2,14-10-6-4-7-11-14)21-20-15-12-8-5-9-13-15/h3-13H,1H2,2H3/t16-/m0/s1. The van der Waals surface area contributed by atoms with Crippen molar-refractivity contribution in [3.05, 3.63) is 78.9 Å². The van der Waals surface area contributed by atoms with Gasteiger partial charge < -0.3 is 0 Å². The van der Waals surface area contributed by atoms with Crippen LogP contribution in [0.1, 0.15) is 12.5 Å². The highest BCUT2D eigenvalue weighted by Gasteiger charge is 2.50. The molecule has 0 bridgehead atoms. The molecular weight excluding hydrogens is 270 g/mol. The van der Waals surface area contributed by atoms with Crippen LogP contribution in [0.2, 0.25) is 0 Å². The molecule has 0 aliphatic heterocycles. The van der Waals surface area contributed by atoms with Crippen LogP contribution in [0.3, 0.4) is 0 Å². The molecule has 2 aromatic rings. The highest BCUT2D eigenvalue weighted by atomic mass is 19.3. The van der Waals surface area contributed by atoms with Crippen molar-refractivity contribution in [1.82, 2.24) is 0 Å². The topological polar surface area (TPSA) is 24.7 Å². The van der Waals surface area contributed by atoms with Crippen molar-refractivity contribution in [2.75, 3.05) is 0 Å². The Bertz CT molecular complexity index is 624. The van der Waals surface area contributed by atoms with Crippen molar-refractivity contribution in [2.45, 2.75) is 18.4 Å². The first-order valence-corrected chi connectivity index (χ1v) is 6.54. The van der Waals surface area contributed by atoms with Crippen LogP contribution in [-0.4, -0.2) is 5.92 Å². The van der Waals surface area contributed by atoms with E-state index in [4.69, 9.17) is 0 Å². The summed E-state index contributed by atoms with van der Waals surface area (Å²) in [5.74, 6) is -3.22. The Morgan fingerprint density at radius 1 is 0.952 bits per heavy atom. The molecule has 0 heterocycles. The summed E-state index contributed by atoms with van der Waals surface area (Å²) in [5.41, 5.74) is -0.889. The first-order chi connectivity index (χ1) is 9.99. The summed E-state index contributed by atoms with van der Waals surface area (Å²) in [6, 6.07) is 17.2. The third-order valence-electron chi connectivity index (χ3n) is 3.36. The minimum atomic E-state index is -3.22. The monoisotopic (exact) mass is 286 g/mol. The first kappa shape index (κ1) is 15.0. The summed E-state index contributed by atoms with van der Waals surface area (Å²) in [4.78, 5) is 0. The molecule has 0 aromatic heterocycles. The molecule has 4 heteroatoms. The van der Waals surface area contributed by atoms with E-state index < -0.39 is 11.5 Å². The molecule has 0 spiro atoms. The number of azo groups is 1. The van der Waals surface area contributed by atoms with Crippen LogP contribution in [0, 0.1) is 0 Å². The highest BCUT2D eigenvalue weighted by molar-refractivity contribution is 5.36. The molecule has 0 N–H and O–H groups in total. The predicted molar refractivity (Wildman–Crippen MR) is 79.9 cm³/mol. The Labute approximate surface area is 122 Å². The van der Waals surface area contributed by atoms with Crippen LogP contribution in [-0.2, 0) is 5.54 Å². The lowest BCUT2D eigenvalue weighted by Crippen LogP contribution is -2.39. The fourth-order valence-corrected chi connectivity index (χ4v) is 1.93. The maximum Gasteiger partial charge on any atom is 0.296 e. The average molecular weight is 286 g/mol. The van der Waals surface area contributed by atoms with Crippen molar-refractivity contribution in [1.29, 1.82) is 0 Å². The van der Waals surface area contributed by atoms with E-state index in [1.807, 2.05) is 6.07 Å². The van der Waals surface area contributed by atoms with E-state index in [0.29, 0.717) is 17.3 Å². The molecule has 0 radical (unpaired) electrons. The molecule has 1 atom stereocenters. The third kappa shape index (κ3) is 3.05. The van der Waals surface area contributed by atoms with E-state index in [1.165, 1.54) is 6.92 Å². The van der Waals surface area contributed by atoms with Crippen molar-refractivity contribution >= 4 is 5.69 Å². The number of nitrogens with zero attached hydrogens (tertiary/aromatic N) is 2. The Balaban J connectivity index is 2.47. The largest absolute Gasteiger partial charge is 0.296 e. The van der Waals surface area contributed by atoms with Crippen LogP contribution >= 0.6 is 0 Å². The zero-order valence-electron chi connectivity index (χ0n) is 11.7. The minimum Gasteiger partial charge on any atom is -0.199 e. The van der Waals surface area contributed by atoms with E-state index in [0.717, 1.165) is 0 Å². The lowest BCUT2D eigenvalue weighted by Gasteiger charge is -2.31. The zero-order valence-corrected chi connectivity index (χ0v) is 11.7. The molecule has 2 nitrogen and oxygen atoms in total. The number of rotatable bonds is 5. The molecule has 2 aromatic carbocycles. The van der Waals surface area contributed by atoms with Crippen molar-refractivity contribution < 1.29 is 8.78 Å². The molecule has 0 aliphatic carbocycles. The first-order valence-electron chi connectivity index (χ1n) is 6.54. The molecule has 0 amide bonds. The Morgan fingerprint density at radius 3 is 2.00 bits per heavy atom. The van der Waals surface area contributed by atoms with E-state index in [9.17, 15) is 8.78 Å². The van der Waals surface area contributed by atoms with Crippen LogP contribution in [0.25, 0.3) is 0 Å². The zero-order chi connectivity index (χ0) is 15.3. The summed E-state index contributed by atoms with van der Waals surface area (Å²) in [5, 5.41) is 7.91. The van der Waals surface area contributed by atoms with E-state index >= 15 is 0 Å². The average Bonchev–Trinajstić information content (AvgIpc) is 2.54. The van der Waals surface area contributed by atoms with Crippen LogP contribution in [0.15, 0.2) is 83.5 Å². The quantitative estimate of drug-likeness (QED) is 0.511. The van der Waals surface area contributed by atoms with Gasteiger partial charge in [-0.25, -0.2) is 0 Å². The van der Waals surface area contributed by atoms with Crippen molar-refractivity contribution in [2.24, 2.45) is 10.2 Å². The molecule has 0 fully saturated rings. The number of hydrogen-bond donors (Lipinski definition) is 0. The fraction of sp³-hybridized carbons (Fsp3) is 0.176. The number of halogens is 2. The maximum absolute atomic E-state index is 14.3. The smallest absolute Gasteiger partial charge is 0.199 e. The van der Waals surface area contributed by atoms with Gasteiger partial charge in [0.2, 0.25) is 0 Å². The van der Waals surface area contributed by atoms with E-state index in [2.05, 4.69) is 16.8 Å². The van der Waals surface area contributed by atoms with Gasteiger partial charge in [-0.2, -0.15) is 19.0 Å². The second-order valence-electron chi connectivity index (χ2n) is 4.80. The molecule has 108 valence electrons. The Morgan fingerprint density at radius 2 is 1.48 bits per heavy atom. The van der Waals surface area contributed by atoms with Gasteiger partial charge in [-0.3, -0.25) is 0 Å². The van der Waals surface area contributed by atoms with Crippen molar-refractivity contribution in [3.8, 4) is 0 Å². The van der Waals surface area contributed by atoms with Gasteiger partial charge in [-0.05, 0) is 30.7 Å². The maximum atomic E-state index is 14.3. The van der Waals surface area contributed by atoms with E-state index in [1.54, 1.807) is 54.6 Å². The molecule has 21 heavy (non-hydrogen) atoms. The fourth-order valence-electron chi connectivity index (χ4n) is 1.93. The highest BCUT2D eigenvalue weighted by Crippen LogP contribution is 2.42.